The highest BCUT2D eigenvalue weighted by Gasteiger charge is 2.49. The van der Waals surface area contributed by atoms with Gasteiger partial charge in [-0.25, -0.2) is 9.69 Å². The average molecular weight is 354 g/mol. The average Bonchev–Trinajstić information content (AvgIpc) is 2.69. The molecule has 0 unspecified atom stereocenters. The number of rotatable bonds is 4. The molecule has 0 radical (unpaired) electrons. The normalized spacial score (nSPS) is 17.4. The highest BCUT2D eigenvalue weighted by Crippen LogP contribution is 2.41. The predicted octanol–water partition coefficient (Wildman–Crippen LogP) is 3.22. The van der Waals surface area contributed by atoms with Crippen LogP contribution in [0.4, 0.5) is 5.69 Å². The molecule has 2 rings (SSSR count). The van der Waals surface area contributed by atoms with Crippen molar-refractivity contribution in [2.75, 3.05) is 4.90 Å². The lowest BCUT2D eigenvalue weighted by Crippen LogP contribution is -2.35. The fourth-order valence-electron chi connectivity index (χ4n) is 2.69. The van der Waals surface area contributed by atoms with Crippen LogP contribution in [0.3, 0.4) is 0 Å². The number of anilines is 1. The molecule has 0 atom stereocenters. The van der Waals surface area contributed by atoms with Crippen molar-refractivity contribution in [3.63, 3.8) is 0 Å². The van der Waals surface area contributed by atoms with Crippen LogP contribution >= 0.6 is 15.9 Å². The Morgan fingerprint density at radius 1 is 1.29 bits per heavy atom. The Kier molecular flexibility index (Phi) is 4.18. The molecule has 1 aromatic carbocycles. The van der Waals surface area contributed by atoms with Gasteiger partial charge in [-0.1, -0.05) is 29.8 Å². The molecular weight excluding hydrogens is 338 g/mol. The van der Waals surface area contributed by atoms with Crippen LogP contribution < -0.4 is 4.90 Å². The van der Waals surface area contributed by atoms with Crippen LogP contribution in [0.15, 0.2) is 22.7 Å². The van der Waals surface area contributed by atoms with Crippen molar-refractivity contribution in [2.45, 2.75) is 33.1 Å². The molecular formula is C15H16BrNO4. The highest BCUT2D eigenvalue weighted by atomic mass is 79.9. The van der Waals surface area contributed by atoms with Crippen LogP contribution in [0.5, 0.6) is 0 Å². The van der Waals surface area contributed by atoms with Gasteiger partial charge < -0.3 is 5.11 Å². The third-order valence-corrected chi connectivity index (χ3v) is 4.59. The molecule has 1 aromatic rings. The van der Waals surface area contributed by atoms with Crippen LogP contribution in [-0.2, 0) is 9.59 Å². The number of carboxylic acid groups (broad SMARTS) is 1. The Morgan fingerprint density at radius 3 is 2.38 bits per heavy atom. The number of aromatic carboxylic acids is 1. The third-order valence-electron chi connectivity index (χ3n) is 4.14. The third kappa shape index (κ3) is 2.60. The number of amides is 2. The van der Waals surface area contributed by atoms with Crippen molar-refractivity contribution in [2.24, 2.45) is 5.41 Å². The number of carbonyl (C=O) groups is 3. The Balaban J connectivity index is 2.50. The largest absolute Gasteiger partial charge is 0.478 e. The minimum Gasteiger partial charge on any atom is -0.478 e. The first-order chi connectivity index (χ1) is 9.84. The molecule has 5 nitrogen and oxygen atoms in total. The lowest BCUT2D eigenvalue weighted by molar-refractivity contribution is -0.126. The molecule has 0 bridgehead atoms. The van der Waals surface area contributed by atoms with Gasteiger partial charge in [0.15, 0.2) is 0 Å². The lowest BCUT2D eigenvalue weighted by atomic mass is 9.81. The first kappa shape index (κ1) is 15.7. The number of nitrogens with zero attached hydrogens (tertiary/aromatic N) is 1. The summed E-state index contributed by atoms with van der Waals surface area (Å²) in [5, 5.41) is 9.09. The Hall–Kier alpha value is -1.69. The molecule has 112 valence electrons. The first-order valence-electron chi connectivity index (χ1n) is 6.76. The molecule has 0 aliphatic carbocycles. The smallest absolute Gasteiger partial charge is 0.335 e. The summed E-state index contributed by atoms with van der Waals surface area (Å²) in [7, 11) is 0. The quantitative estimate of drug-likeness (QED) is 0.843. The number of carbonyl (C=O) groups excluding carboxylic acids is 2. The topological polar surface area (TPSA) is 74.7 Å². The number of hydrogen-bond acceptors (Lipinski definition) is 3. The zero-order valence-electron chi connectivity index (χ0n) is 11.9. The van der Waals surface area contributed by atoms with Crippen molar-refractivity contribution >= 4 is 39.4 Å². The Labute approximate surface area is 131 Å². The number of imide groups is 1. The minimum atomic E-state index is -1.10. The van der Waals surface area contributed by atoms with Crippen molar-refractivity contribution in [3.05, 3.63) is 28.2 Å². The zero-order chi connectivity index (χ0) is 15.8. The summed E-state index contributed by atoms with van der Waals surface area (Å²) >= 11 is 3.22. The molecule has 6 heteroatoms. The summed E-state index contributed by atoms with van der Waals surface area (Å²) in [6.45, 7) is 3.78. The molecule has 0 aromatic heterocycles. The molecule has 1 aliphatic rings. The molecule has 1 saturated heterocycles. The second-order valence-corrected chi connectivity index (χ2v) is 6.12. The Morgan fingerprint density at radius 2 is 1.90 bits per heavy atom. The van der Waals surface area contributed by atoms with Gasteiger partial charge in [-0.15, -0.1) is 0 Å². The predicted molar refractivity (Wildman–Crippen MR) is 81.2 cm³/mol. The maximum atomic E-state index is 12.6. The van der Waals surface area contributed by atoms with Crippen LogP contribution in [0.1, 0.15) is 43.5 Å². The van der Waals surface area contributed by atoms with Gasteiger partial charge in [-0.05, 0) is 31.0 Å². The Bertz CT molecular complexity index is 622. The molecule has 2 amide bonds. The number of hydrogen-bond donors (Lipinski definition) is 1. The van der Waals surface area contributed by atoms with Gasteiger partial charge in [0, 0.05) is 10.9 Å². The molecule has 0 spiro atoms. The summed E-state index contributed by atoms with van der Waals surface area (Å²) in [6.07, 6.45) is 1.35. The van der Waals surface area contributed by atoms with Crippen molar-refractivity contribution in [1.82, 2.24) is 0 Å². The van der Waals surface area contributed by atoms with Gasteiger partial charge >= 0.3 is 5.97 Å². The van der Waals surface area contributed by atoms with E-state index in [4.69, 9.17) is 5.11 Å². The summed E-state index contributed by atoms with van der Waals surface area (Å²) in [6, 6.07) is 4.37. The van der Waals surface area contributed by atoms with Gasteiger partial charge in [0.1, 0.15) is 0 Å². The monoisotopic (exact) mass is 353 g/mol. The number of halogens is 1. The molecule has 1 heterocycles. The van der Waals surface area contributed by atoms with Crippen molar-refractivity contribution in [3.8, 4) is 0 Å². The van der Waals surface area contributed by atoms with Gasteiger partial charge in [0.2, 0.25) is 11.8 Å². The van der Waals surface area contributed by atoms with E-state index >= 15 is 0 Å². The zero-order valence-corrected chi connectivity index (χ0v) is 13.4. The number of carboxylic acids is 1. The van der Waals surface area contributed by atoms with E-state index in [0.717, 1.165) is 4.90 Å². The highest BCUT2D eigenvalue weighted by molar-refractivity contribution is 9.10. The van der Waals surface area contributed by atoms with E-state index in [1.54, 1.807) is 6.07 Å². The van der Waals surface area contributed by atoms with Crippen LogP contribution in [0.2, 0.25) is 0 Å². The maximum absolute atomic E-state index is 12.6. The molecule has 0 saturated carbocycles. The summed E-state index contributed by atoms with van der Waals surface area (Å²) < 4.78 is 0.517. The minimum absolute atomic E-state index is 0.0328. The van der Waals surface area contributed by atoms with Gasteiger partial charge in [0.05, 0.1) is 16.7 Å². The van der Waals surface area contributed by atoms with Gasteiger partial charge in [-0.3, -0.25) is 9.59 Å². The molecule has 1 fully saturated rings. The lowest BCUT2D eigenvalue weighted by Gasteiger charge is -2.23. The van der Waals surface area contributed by atoms with E-state index in [1.807, 2.05) is 13.8 Å². The summed E-state index contributed by atoms with van der Waals surface area (Å²) in [4.78, 5) is 37.1. The summed E-state index contributed by atoms with van der Waals surface area (Å²) in [5.74, 6) is -1.63. The maximum Gasteiger partial charge on any atom is 0.335 e. The standard InChI is InChI=1S/C15H16BrNO4/c1-3-15(4-2)8-12(18)17(14(15)21)11-6-9(13(19)20)5-10(16)7-11/h5-7H,3-4,8H2,1-2H3,(H,19,20). The fraction of sp³-hybridized carbons (Fsp3) is 0.400. The summed E-state index contributed by atoms with van der Waals surface area (Å²) in [5.41, 5.74) is -0.325. The first-order valence-corrected chi connectivity index (χ1v) is 7.55. The van der Waals surface area contributed by atoms with Crippen LogP contribution in [0, 0.1) is 5.41 Å². The SMILES string of the molecule is CCC1(CC)CC(=O)N(c2cc(Br)cc(C(=O)O)c2)C1=O. The molecule has 1 N–H and O–H groups in total. The number of benzene rings is 1. The van der Waals surface area contributed by atoms with E-state index in [0.29, 0.717) is 23.0 Å². The van der Waals surface area contributed by atoms with Crippen molar-refractivity contribution < 1.29 is 19.5 Å². The van der Waals surface area contributed by atoms with E-state index in [1.165, 1.54) is 12.1 Å². The van der Waals surface area contributed by atoms with Gasteiger partial charge in [-0.2, -0.15) is 0 Å². The van der Waals surface area contributed by atoms with E-state index in [-0.39, 0.29) is 23.8 Å². The van der Waals surface area contributed by atoms with Crippen LogP contribution in [-0.4, -0.2) is 22.9 Å². The van der Waals surface area contributed by atoms with Crippen LogP contribution in [0.25, 0.3) is 0 Å². The van der Waals surface area contributed by atoms with Crippen molar-refractivity contribution in [1.29, 1.82) is 0 Å². The van der Waals surface area contributed by atoms with E-state index in [2.05, 4.69) is 15.9 Å². The molecule has 1 aliphatic heterocycles. The second-order valence-electron chi connectivity index (χ2n) is 5.20. The van der Waals surface area contributed by atoms with E-state index in [9.17, 15) is 14.4 Å². The molecule has 21 heavy (non-hydrogen) atoms. The fourth-order valence-corrected chi connectivity index (χ4v) is 3.17. The second kappa shape index (κ2) is 5.60. The van der Waals surface area contributed by atoms with E-state index < -0.39 is 11.4 Å². The van der Waals surface area contributed by atoms with Gasteiger partial charge in [0.25, 0.3) is 0 Å².